The summed E-state index contributed by atoms with van der Waals surface area (Å²) in [7, 11) is -3.50. The molecule has 0 saturated heterocycles. The Balaban J connectivity index is 1.73. The van der Waals surface area contributed by atoms with Crippen LogP contribution in [0.25, 0.3) is 16.9 Å². The van der Waals surface area contributed by atoms with Crippen molar-refractivity contribution in [3.05, 3.63) is 89.4 Å². The van der Waals surface area contributed by atoms with E-state index in [-0.39, 0.29) is 11.4 Å². The summed E-state index contributed by atoms with van der Waals surface area (Å²) in [5, 5.41) is 3.56. The minimum Gasteiger partial charge on any atom is -0.497 e. The van der Waals surface area contributed by atoms with Crippen LogP contribution in [0, 0.1) is 29.1 Å². The molecule has 3 aromatic carbocycles. The molecule has 0 saturated carbocycles. The summed E-state index contributed by atoms with van der Waals surface area (Å²) in [6.45, 7) is 0. The van der Waals surface area contributed by atoms with E-state index in [1.165, 1.54) is 36.1 Å². The molecule has 15 heteroatoms. The van der Waals surface area contributed by atoms with Crippen molar-refractivity contribution in [1.29, 1.82) is 0 Å². The fourth-order valence-corrected chi connectivity index (χ4v) is 4.40. The van der Waals surface area contributed by atoms with Crippen molar-refractivity contribution < 1.29 is 48.3 Å². The van der Waals surface area contributed by atoms with Crippen LogP contribution in [-0.2, 0) is 16.2 Å². The number of hydrogen-bond donors (Lipinski definition) is 1. The molecule has 0 fully saturated rings. The number of sulfonamides is 1. The second-order valence-corrected chi connectivity index (χ2v) is 9.28. The fourth-order valence-electron chi connectivity index (χ4n) is 3.34. The lowest BCUT2D eigenvalue weighted by atomic mass is 10.1. The molecule has 0 aliphatic heterocycles. The first-order valence-electron chi connectivity index (χ1n) is 10.2. The van der Waals surface area contributed by atoms with Crippen LogP contribution in [0.5, 0.6) is 5.75 Å². The van der Waals surface area contributed by atoms with Crippen molar-refractivity contribution in [2.75, 3.05) is 11.8 Å². The normalized spacial score (nSPS) is 12.0. The van der Waals surface area contributed by atoms with Gasteiger partial charge < -0.3 is 4.74 Å². The predicted molar refractivity (Wildman–Crippen MR) is 118 cm³/mol. The van der Waals surface area contributed by atoms with Gasteiger partial charge in [-0.1, -0.05) is 0 Å². The number of methoxy groups -OCH3 is 1. The number of alkyl halides is 3. The Morgan fingerprint density at radius 3 is 1.84 bits per heavy atom. The monoisotopic (exact) mass is 563 g/mol. The minimum atomic E-state index is -4.90. The van der Waals surface area contributed by atoms with E-state index in [0.29, 0.717) is 11.3 Å². The summed E-state index contributed by atoms with van der Waals surface area (Å²) in [6.07, 6.45) is -4.81. The van der Waals surface area contributed by atoms with Crippen molar-refractivity contribution in [2.24, 2.45) is 0 Å². The smallest absolute Gasteiger partial charge is 0.435 e. The van der Waals surface area contributed by atoms with Gasteiger partial charge in [-0.2, -0.15) is 18.3 Å². The summed E-state index contributed by atoms with van der Waals surface area (Å²) < 4.78 is 140. The first-order chi connectivity index (χ1) is 17.7. The van der Waals surface area contributed by atoms with Crippen molar-refractivity contribution in [2.45, 2.75) is 11.1 Å². The van der Waals surface area contributed by atoms with Crippen molar-refractivity contribution >= 4 is 15.7 Å². The first-order valence-corrected chi connectivity index (χ1v) is 11.7. The van der Waals surface area contributed by atoms with Crippen molar-refractivity contribution in [3.63, 3.8) is 0 Å². The third kappa shape index (κ3) is 4.88. The Labute approximate surface area is 209 Å². The maximum absolute atomic E-state index is 13.9. The number of nitrogens with one attached hydrogen (secondary N) is 1. The molecular weight excluding hydrogens is 550 g/mol. The number of anilines is 1. The van der Waals surface area contributed by atoms with Gasteiger partial charge in [0, 0.05) is 5.56 Å². The fraction of sp³-hybridized carbons (Fsp3) is 0.0870. The lowest BCUT2D eigenvalue weighted by Crippen LogP contribution is -2.17. The average molecular weight is 563 g/mol. The van der Waals surface area contributed by atoms with E-state index in [1.54, 1.807) is 0 Å². The van der Waals surface area contributed by atoms with E-state index in [9.17, 15) is 43.5 Å². The molecule has 4 rings (SSSR count). The first kappa shape index (κ1) is 26.9. The lowest BCUT2D eigenvalue weighted by Gasteiger charge is -2.13. The van der Waals surface area contributed by atoms with Gasteiger partial charge in [0.1, 0.15) is 11.4 Å². The number of hydrogen-bond acceptors (Lipinski definition) is 4. The Morgan fingerprint density at radius 1 is 0.816 bits per heavy atom. The molecule has 0 spiro atoms. The molecule has 1 aromatic heterocycles. The summed E-state index contributed by atoms with van der Waals surface area (Å²) in [6, 6.07) is 10.5. The van der Waals surface area contributed by atoms with E-state index in [1.807, 2.05) is 0 Å². The van der Waals surface area contributed by atoms with Crippen LogP contribution in [0.1, 0.15) is 5.69 Å². The second kappa shape index (κ2) is 9.63. The van der Waals surface area contributed by atoms with Gasteiger partial charge in [-0.05, 0) is 54.6 Å². The highest BCUT2D eigenvalue weighted by molar-refractivity contribution is 7.92. The zero-order chi connectivity index (χ0) is 28.0. The highest BCUT2D eigenvalue weighted by atomic mass is 32.2. The number of ether oxygens (including phenoxy) is 1. The van der Waals surface area contributed by atoms with E-state index in [0.717, 1.165) is 35.0 Å². The summed E-state index contributed by atoms with van der Waals surface area (Å²) in [5.41, 5.74) is -2.79. The molecule has 0 aliphatic rings. The Hall–Kier alpha value is -4.14. The zero-order valence-corrected chi connectivity index (χ0v) is 19.6. The van der Waals surface area contributed by atoms with Crippen LogP contribution in [0.15, 0.2) is 59.5 Å². The van der Waals surface area contributed by atoms with Crippen LogP contribution in [-0.4, -0.2) is 25.3 Å². The van der Waals surface area contributed by atoms with E-state index >= 15 is 0 Å². The summed E-state index contributed by atoms with van der Waals surface area (Å²) >= 11 is 0. The summed E-state index contributed by atoms with van der Waals surface area (Å²) in [5.74, 6) is -11.6. The zero-order valence-electron chi connectivity index (χ0n) is 18.7. The van der Waals surface area contributed by atoms with Crippen molar-refractivity contribution in [3.8, 4) is 22.7 Å². The molecule has 38 heavy (non-hydrogen) atoms. The number of halogens is 8. The molecule has 200 valence electrons. The van der Waals surface area contributed by atoms with Crippen LogP contribution in [0.4, 0.5) is 40.8 Å². The van der Waals surface area contributed by atoms with Gasteiger partial charge in [-0.25, -0.2) is 35.1 Å². The SMILES string of the molecule is COc1ccc(-c2cc(C(F)(F)F)nn2-c2ccc(S(=O)(=O)Nc3c(F)c(F)c(F)c(F)c3F)cc2)cc1. The third-order valence-corrected chi connectivity index (χ3v) is 6.59. The predicted octanol–water partition coefficient (Wildman–Crippen LogP) is 6.06. The molecule has 1 N–H and O–H groups in total. The van der Waals surface area contributed by atoms with Crippen LogP contribution in [0.3, 0.4) is 0 Å². The molecule has 0 amide bonds. The van der Waals surface area contributed by atoms with E-state index in [4.69, 9.17) is 4.74 Å². The standard InChI is InChI=1S/C23H13F8N3O3S/c1-37-13-6-2-11(3-7-13)15-10-16(23(29,30)31)32-34(15)12-4-8-14(9-5-12)38(35,36)33-22-20(27)18(25)17(24)19(26)21(22)28/h2-10,33H,1H3. The molecule has 0 aliphatic carbocycles. The molecule has 0 radical (unpaired) electrons. The molecule has 6 nitrogen and oxygen atoms in total. The van der Waals surface area contributed by atoms with Gasteiger partial charge >= 0.3 is 6.18 Å². The minimum absolute atomic E-state index is 0.0184. The van der Waals surface area contributed by atoms with Gasteiger partial charge in [-0.15, -0.1) is 0 Å². The number of benzene rings is 3. The average Bonchev–Trinajstić information content (AvgIpc) is 3.35. The van der Waals surface area contributed by atoms with Crippen LogP contribution < -0.4 is 9.46 Å². The molecule has 0 atom stereocenters. The number of nitrogens with zero attached hydrogens (tertiary/aromatic N) is 2. The largest absolute Gasteiger partial charge is 0.497 e. The lowest BCUT2D eigenvalue weighted by molar-refractivity contribution is -0.141. The molecule has 0 unspecified atom stereocenters. The highest BCUT2D eigenvalue weighted by Gasteiger charge is 2.35. The molecule has 4 aromatic rings. The van der Waals surface area contributed by atoms with Gasteiger partial charge in [0.05, 0.1) is 23.4 Å². The summed E-state index contributed by atoms with van der Waals surface area (Å²) in [4.78, 5) is -0.695. The maximum atomic E-state index is 13.9. The van der Waals surface area contributed by atoms with Gasteiger partial charge in [0.25, 0.3) is 10.0 Å². The van der Waals surface area contributed by atoms with Gasteiger partial charge in [0.2, 0.25) is 5.82 Å². The second-order valence-electron chi connectivity index (χ2n) is 7.60. The third-order valence-electron chi connectivity index (χ3n) is 5.22. The van der Waals surface area contributed by atoms with E-state index in [2.05, 4.69) is 5.10 Å². The van der Waals surface area contributed by atoms with Gasteiger partial charge in [0.15, 0.2) is 29.0 Å². The Bertz CT molecular complexity index is 1590. The molecule has 1 heterocycles. The number of aromatic nitrogens is 2. The van der Waals surface area contributed by atoms with Gasteiger partial charge in [-0.3, -0.25) is 4.72 Å². The van der Waals surface area contributed by atoms with Crippen LogP contribution in [0.2, 0.25) is 0 Å². The topological polar surface area (TPSA) is 73.2 Å². The Morgan fingerprint density at radius 2 is 1.34 bits per heavy atom. The number of rotatable bonds is 6. The van der Waals surface area contributed by atoms with Crippen LogP contribution >= 0.6 is 0 Å². The quantitative estimate of drug-likeness (QED) is 0.176. The molecular formula is C23H13F8N3O3S. The highest BCUT2D eigenvalue weighted by Crippen LogP contribution is 2.34. The maximum Gasteiger partial charge on any atom is 0.435 e. The Kier molecular flexibility index (Phi) is 6.82. The van der Waals surface area contributed by atoms with Crippen molar-refractivity contribution in [1.82, 2.24) is 9.78 Å². The molecule has 0 bridgehead atoms. The van der Waals surface area contributed by atoms with E-state index < -0.39 is 61.6 Å².